The third-order valence-electron chi connectivity index (χ3n) is 5.39. The molecule has 4 heteroatoms. The van der Waals surface area contributed by atoms with Crippen LogP contribution in [0.3, 0.4) is 0 Å². The lowest BCUT2D eigenvalue weighted by molar-refractivity contribution is -0.149. The fourth-order valence-electron chi connectivity index (χ4n) is 4.77. The first-order chi connectivity index (χ1) is 9.11. The van der Waals surface area contributed by atoms with Gasteiger partial charge in [-0.2, -0.15) is 0 Å². The number of rotatable bonds is 1. The second kappa shape index (κ2) is 4.89. The van der Waals surface area contributed by atoms with Crippen molar-refractivity contribution < 1.29 is 9.59 Å². The first kappa shape index (κ1) is 13.1. The maximum atomic E-state index is 12.4. The molecule has 0 aromatic rings. The van der Waals surface area contributed by atoms with Crippen LogP contribution in [0.15, 0.2) is 0 Å². The molecule has 0 aromatic heterocycles. The average molecular weight is 264 g/mol. The van der Waals surface area contributed by atoms with Crippen LogP contribution in [-0.4, -0.2) is 36.9 Å². The van der Waals surface area contributed by atoms with Crippen LogP contribution in [0.25, 0.3) is 0 Å². The normalized spacial score (nSPS) is 37.8. The van der Waals surface area contributed by atoms with Crippen LogP contribution in [0.1, 0.15) is 44.9 Å². The lowest BCUT2D eigenvalue weighted by Gasteiger charge is -2.49. The summed E-state index contributed by atoms with van der Waals surface area (Å²) in [5, 5.41) is 2.60. The van der Waals surface area contributed by atoms with Crippen molar-refractivity contribution in [2.24, 2.45) is 17.3 Å². The number of hydrogen-bond donors (Lipinski definition) is 1. The maximum absolute atomic E-state index is 12.4. The number of nitrogens with one attached hydrogen (secondary N) is 1. The molecule has 1 N–H and O–H groups in total. The van der Waals surface area contributed by atoms with Crippen molar-refractivity contribution in [3.05, 3.63) is 0 Å². The van der Waals surface area contributed by atoms with E-state index in [2.05, 4.69) is 17.3 Å². The number of carbonyl (C=O) groups is 2. The summed E-state index contributed by atoms with van der Waals surface area (Å²) in [4.78, 5) is 26.6. The van der Waals surface area contributed by atoms with E-state index in [0.717, 1.165) is 38.8 Å². The maximum Gasteiger partial charge on any atom is 0.230 e. The topological polar surface area (TPSA) is 49.4 Å². The smallest absolute Gasteiger partial charge is 0.230 e. The number of likely N-dealkylation sites (tertiary alicyclic amines) is 1. The summed E-state index contributed by atoms with van der Waals surface area (Å²) >= 11 is 0. The zero-order chi connectivity index (χ0) is 13.5. The Morgan fingerprint density at radius 2 is 1.95 bits per heavy atom. The molecular formula is C15H24N2O2. The molecule has 3 fully saturated rings. The Morgan fingerprint density at radius 3 is 2.63 bits per heavy atom. The van der Waals surface area contributed by atoms with Gasteiger partial charge in [-0.25, -0.2) is 0 Å². The van der Waals surface area contributed by atoms with E-state index in [0.29, 0.717) is 12.3 Å². The van der Waals surface area contributed by atoms with Crippen LogP contribution in [-0.2, 0) is 9.59 Å². The fraction of sp³-hybridized carbons (Fsp3) is 0.867. The minimum atomic E-state index is -0.0819. The molecule has 2 saturated heterocycles. The molecule has 1 saturated carbocycles. The summed E-state index contributed by atoms with van der Waals surface area (Å²) < 4.78 is 0. The highest BCUT2D eigenvalue weighted by Crippen LogP contribution is 2.49. The molecule has 0 radical (unpaired) electrons. The van der Waals surface area contributed by atoms with E-state index < -0.39 is 0 Å². The van der Waals surface area contributed by atoms with Crippen LogP contribution in [0, 0.1) is 17.3 Å². The van der Waals surface area contributed by atoms with Crippen molar-refractivity contribution in [1.29, 1.82) is 0 Å². The van der Waals surface area contributed by atoms with E-state index in [1.807, 2.05) is 0 Å². The monoisotopic (exact) mass is 264 g/mol. The quantitative estimate of drug-likeness (QED) is 0.731. The fourth-order valence-corrected chi connectivity index (χ4v) is 4.77. The van der Waals surface area contributed by atoms with Crippen molar-refractivity contribution in [2.45, 2.75) is 44.9 Å². The third kappa shape index (κ3) is 2.31. The van der Waals surface area contributed by atoms with Crippen LogP contribution >= 0.6 is 0 Å². The summed E-state index contributed by atoms with van der Waals surface area (Å²) in [6.07, 6.45) is 7.51. The van der Waals surface area contributed by atoms with Gasteiger partial charge in [-0.1, -0.05) is 12.8 Å². The van der Waals surface area contributed by atoms with Crippen LogP contribution in [0.4, 0.5) is 0 Å². The van der Waals surface area contributed by atoms with Crippen LogP contribution in [0.5, 0.6) is 0 Å². The molecule has 1 spiro atoms. The lowest BCUT2D eigenvalue weighted by Crippen LogP contribution is -2.59. The minimum absolute atomic E-state index is 0.0125. The van der Waals surface area contributed by atoms with Crippen LogP contribution < -0.4 is 5.32 Å². The van der Waals surface area contributed by atoms with Crippen molar-refractivity contribution in [1.82, 2.24) is 10.2 Å². The van der Waals surface area contributed by atoms with Gasteiger partial charge in [0.25, 0.3) is 0 Å². The summed E-state index contributed by atoms with van der Waals surface area (Å²) in [5.74, 6) is 0.517. The molecule has 2 heterocycles. The Morgan fingerprint density at radius 1 is 1.21 bits per heavy atom. The van der Waals surface area contributed by atoms with Gasteiger partial charge in [0.1, 0.15) is 0 Å². The first-order valence-electron chi connectivity index (χ1n) is 7.63. The second-order valence-corrected chi connectivity index (χ2v) is 6.82. The number of imide groups is 1. The van der Waals surface area contributed by atoms with E-state index in [1.165, 1.54) is 12.8 Å². The molecule has 3 rings (SSSR count). The number of piperidine rings is 2. The highest BCUT2D eigenvalue weighted by molar-refractivity contribution is 6.00. The molecule has 106 valence electrons. The Balaban J connectivity index is 1.91. The van der Waals surface area contributed by atoms with Gasteiger partial charge in [-0.3, -0.25) is 14.9 Å². The van der Waals surface area contributed by atoms with Gasteiger partial charge < -0.3 is 4.90 Å². The zero-order valence-electron chi connectivity index (χ0n) is 11.8. The number of carbonyl (C=O) groups excluding carboxylic acids is 2. The highest BCUT2D eigenvalue weighted by atomic mass is 16.2. The second-order valence-electron chi connectivity index (χ2n) is 6.82. The molecule has 2 amide bonds. The van der Waals surface area contributed by atoms with Gasteiger partial charge >= 0.3 is 0 Å². The largest absolute Gasteiger partial charge is 0.306 e. The predicted molar refractivity (Wildman–Crippen MR) is 72.4 cm³/mol. The molecule has 2 unspecified atom stereocenters. The summed E-state index contributed by atoms with van der Waals surface area (Å²) in [6.45, 7) is 2.00. The van der Waals surface area contributed by atoms with Crippen molar-refractivity contribution in [3.63, 3.8) is 0 Å². The molecule has 2 atom stereocenters. The Kier molecular flexibility index (Phi) is 3.37. The number of hydrogen-bond acceptors (Lipinski definition) is 3. The number of amides is 2. The van der Waals surface area contributed by atoms with E-state index in [9.17, 15) is 9.59 Å². The van der Waals surface area contributed by atoms with E-state index >= 15 is 0 Å². The molecule has 19 heavy (non-hydrogen) atoms. The third-order valence-corrected chi connectivity index (χ3v) is 5.39. The van der Waals surface area contributed by atoms with E-state index in [4.69, 9.17) is 0 Å². The van der Waals surface area contributed by atoms with Crippen LogP contribution in [0.2, 0.25) is 0 Å². The lowest BCUT2D eigenvalue weighted by atomic mass is 9.61. The van der Waals surface area contributed by atoms with Gasteiger partial charge in [0, 0.05) is 24.3 Å². The van der Waals surface area contributed by atoms with Crippen molar-refractivity contribution >= 4 is 11.8 Å². The predicted octanol–water partition coefficient (Wildman–Crippen LogP) is 1.55. The van der Waals surface area contributed by atoms with Gasteiger partial charge in [0.05, 0.1) is 0 Å². The average Bonchev–Trinajstić information content (AvgIpc) is 2.80. The Bertz CT molecular complexity index is 390. The molecule has 1 aliphatic carbocycles. The van der Waals surface area contributed by atoms with Gasteiger partial charge in [0.2, 0.25) is 11.8 Å². The number of nitrogens with zero attached hydrogens (tertiary/aromatic N) is 1. The molecule has 0 aromatic carbocycles. The van der Waals surface area contributed by atoms with E-state index in [-0.39, 0.29) is 23.1 Å². The molecular weight excluding hydrogens is 240 g/mol. The highest BCUT2D eigenvalue weighted by Gasteiger charge is 2.52. The molecule has 3 aliphatic rings. The minimum Gasteiger partial charge on any atom is -0.306 e. The van der Waals surface area contributed by atoms with Gasteiger partial charge in [0.15, 0.2) is 0 Å². The van der Waals surface area contributed by atoms with Crippen molar-refractivity contribution in [2.75, 3.05) is 20.1 Å². The Labute approximate surface area is 114 Å². The SMILES string of the molecule is CN1CCCC2(CC(=O)NC(=O)C2C2CCCC2)C1. The Hall–Kier alpha value is -0.900. The van der Waals surface area contributed by atoms with Crippen molar-refractivity contribution in [3.8, 4) is 0 Å². The van der Waals surface area contributed by atoms with E-state index in [1.54, 1.807) is 0 Å². The first-order valence-corrected chi connectivity index (χ1v) is 7.63. The summed E-state index contributed by atoms with van der Waals surface area (Å²) in [7, 11) is 2.11. The zero-order valence-corrected chi connectivity index (χ0v) is 11.8. The standard InChI is InChI=1S/C15H24N2O2/c1-17-8-4-7-15(10-17)9-12(18)16-14(19)13(15)11-5-2-3-6-11/h11,13H,2-10H2,1H3,(H,16,18,19). The summed E-state index contributed by atoms with van der Waals surface area (Å²) in [5.41, 5.74) is -0.0819. The van der Waals surface area contributed by atoms with Gasteiger partial charge in [-0.05, 0) is 45.2 Å². The molecule has 0 bridgehead atoms. The van der Waals surface area contributed by atoms with Gasteiger partial charge in [-0.15, -0.1) is 0 Å². The summed E-state index contributed by atoms with van der Waals surface area (Å²) in [6, 6.07) is 0. The molecule has 2 aliphatic heterocycles. The molecule has 4 nitrogen and oxygen atoms in total.